The molecule has 2 N–H and O–H groups in total. The second kappa shape index (κ2) is 5.37. The van der Waals surface area contributed by atoms with Gasteiger partial charge in [0, 0.05) is 26.8 Å². The molecule has 5 nitrogen and oxygen atoms in total. The maximum Gasteiger partial charge on any atom is 0.328 e. The van der Waals surface area contributed by atoms with Crippen LogP contribution in [0.1, 0.15) is 5.56 Å². The van der Waals surface area contributed by atoms with Gasteiger partial charge in [0.25, 0.3) is 0 Å². The van der Waals surface area contributed by atoms with E-state index in [0.717, 1.165) is 30.7 Å². The molecule has 0 atom stereocenters. The predicted molar refractivity (Wildman–Crippen MR) is 70.5 cm³/mol. The number of nitrogens with two attached hydrogens (primary N) is 1. The zero-order valence-electron chi connectivity index (χ0n) is 11.1. The van der Waals surface area contributed by atoms with Gasteiger partial charge in [-0.15, -0.1) is 0 Å². The topological polar surface area (TPSA) is 52.8 Å². The van der Waals surface area contributed by atoms with Crippen LogP contribution in [-0.4, -0.2) is 29.4 Å². The lowest BCUT2D eigenvalue weighted by molar-refractivity contribution is -0.671. The highest BCUT2D eigenvalue weighted by Crippen LogP contribution is 2.13. The van der Waals surface area contributed by atoms with E-state index >= 15 is 0 Å². The van der Waals surface area contributed by atoms with E-state index < -0.39 is 0 Å². The smallest absolute Gasteiger partial charge is 0.328 e. The molecule has 18 heavy (non-hydrogen) atoms. The van der Waals surface area contributed by atoms with Crippen LogP contribution in [-0.2, 0) is 25.4 Å². The van der Waals surface area contributed by atoms with Crippen LogP contribution in [0.15, 0.2) is 23.0 Å². The van der Waals surface area contributed by atoms with E-state index in [1.807, 2.05) is 13.1 Å². The number of hydrogen-bond donors (Lipinski definition) is 1. The van der Waals surface area contributed by atoms with Crippen LogP contribution in [0.3, 0.4) is 0 Å². The highest BCUT2D eigenvalue weighted by Gasteiger charge is 2.08. The normalized spacial score (nSPS) is 11.3. The van der Waals surface area contributed by atoms with E-state index in [1.165, 1.54) is 5.56 Å². The number of rotatable bonds is 5. The molecule has 0 aliphatic carbocycles. The molecule has 0 spiro atoms. The first-order valence-electron chi connectivity index (χ1n) is 6.10. The van der Waals surface area contributed by atoms with Gasteiger partial charge in [-0.2, -0.15) is 0 Å². The second-order valence-corrected chi connectivity index (χ2v) is 4.50. The molecule has 98 valence electrons. The lowest BCUT2D eigenvalue weighted by Gasteiger charge is -2.02. The fourth-order valence-corrected chi connectivity index (χ4v) is 2.15. The minimum atomic E-state index is 0.0190. The third-order valence-corrected chi connectivity index (χ3v) is 3.24. The van der Waals surface area contributed by atoms with Gasteiger partial charge in [-0.25, -0.2) is 4.79 Å². The molecule has 0 aliphatic rings. The molecule has 0 bridgehead atoms. The highest BCUT2D eigenvalue weighted by atomic mass is 16.5. The van der Waals surface area contributed by atoms with E-state index in [9.17, 15) is 4.79 Å². The molecule has 0 fully saturated rings. The Balaban J connectivity index is 2.22. The average molecular weight is 250 g/mol. The predicted octanol–water partition coefficient (Wildman–Crippen LogP) is -0.413. The number of hydrogen-bond acceptors (Lipinski definition) is 2. The molecule has 0 unspecified atom stereocenters. The lowest BCUT2D eigenvalue weighted by atomic mass is 10.2. The summed E-state index contributed by atoms with van der Waals surface area (Å²) >= 11 is 0. The quantitative estimate of drug-likeness (QED) is 0.733. The number of fused-ring (bicyclic) bond motifs is 1. The fraction of sp³-hybridized carbons (Fsp3) is 0.462. The van der Waals surface area contributed by atoms with Gasteiger partial charge in [-0.3, -0.25) is 9.13 Å². The number of nitrogens with zero attached hydrogens (tertiary/aromatic N) is 2. The van der Waals surface area contributed by atoms with Crippen LogP contribution in [0.2, 0.25) is 0 Å². The van der Waals surface area contributed by atoms with Crippen molar-refractivity contribution in [2.45, 2.75) is 6.54 Å². The van der Waals surface area contributed by atoms with Crippen molar-refractivity contribution >= 4 is 11.0 Å². The minimum Gasteiger partial charge on any atom is -0.379 e. The molecule has 1 aromatic carbocycles. The zero-order chi connectivity index (χ0) is 13.1. The Hall–Kier alpha value is -1.59. The van der Waals surface area contributed by atoms with Crippen molar-refractivity contribution in [3.8, 4) is 0 Å². The summed E-state index contributed by atoms with van der Waals surface area (Å²) in [6.07, 6.45) is 0. The molecule has 2 rings (SSSR count). The van der Waals surface area contributed by atoms with Gasteiger partial charge in [0.05, 0.1) is 24.2 Å². The molecule has 1 heterocycles. The Morgan fingerprint density at radius 1 is 1.22 bits per heavy atom. The summed E-state index contributed by atoms with van der Waals surface area (Å²) in [5, 5.41) is 2.20. The number of benzene rings is 1. The Labute approximate surface area is 106 Å². The van der Waals surface area contributed by atoms with Crippen LogP contribution < -0.4 is 11.0 Å². The van der Waals surface area contributed by atoms with Crippen molar-refractivity contribution in [3.63, 3.8) is 0 Å². The van der Waals surface area contributed by atoms with E-state index in [2.05, 4.69) is 17.4 Å². The van der Waals surface area contributed by atoms with E-state index in [1.54, 1.807) is 23.3 Å². The monoisotopic (exact) mass is 250 g/mol. The SMILES string of the molecule is COCC[NH2+]Cc1ccc2c(c1)n(C)c(=O)n2C. The molecule has 0 aliphatic heterocycles. The third kappa shape index (κ3) is 2.32. The Bertz CT molecular complexity index is 598. The first-order chi connectivity index (χ1) is 8.65. The highest BCUT2D eigenvalue weighted by molar-refractivity contribution is 5.76. The van der Waals surface area contributed by atoms with Crippen LogP contribution >= 0.6 is 0 Å². The number of aryl methyl sites for hydroxylation is 2. The largest absolute Gasteiger partial charge is 0.379 e. The number of methoxy groups -OCH3 is 1. The zero-order valence-corrected chi connectivity index (χ0v) is 11.1. The van der Waals surface area contributed by atoms with Gasteiger partial charge in [0.2, 0.25) is 0 Å². The second-order valence-electron chi connectivity index (χ2n) is 4.50. The number of quaternary nitrogens is 1. The van der Waals surface area contributed by atoms with Crippen LogP contribution in [0.4, 0.5) is 0 Å². The molecule has 0 saturated heterocycles. The Morgan fingerprint density at radius 2 is 1.94 bits per heavy atom. The third-order valence-electron chi connectivity index (χ3n) is 3.24. The summed E-state index contributed by atoms with van der Waals surface area (Å²) in [4.78, 5) is 11.8. The van der Waals surface area contributed by atoms with Crippen molar-refractivity contribution in [2.24, 2.45) is 14.1 Å². The van der Waals surface area contributed by atoms with Crippen molar-refractivity contribution in [3.05, 3.63) is 34.2 Å². The minimum absolute atomic E-state index is 0.0190. The van der Waals surface area contributed by atoms with Crippen molar-refractivity contribution < 1.29 is 10.1 Å². The molecule has 2 aromatic rings. The maximum absolute atomic E-state index is 11.8. The maximum atomic E-state index is 11.8. The molecular formula is C13H20N3O2+. The van der Waals surface area contributed by atoms with Crippen molar-refractivity contribution in [2.75, 3.05) is 20.3 Å². The number of ether oxygens (including phenoxy) is 1. The summed E-state index contributed by atoms with van der Waals surface area (Å²) in [5.41, 5.74) is 3.20. The summed E-state index contributed by atoms with van der Waals surface area (Å²) in [6, 6.07) is 6.17. The summed E-state index contributed by atoms with van der Waals surface area (Å²) in [7, 11) is 5.32. The van der Waals surface area contributed by atoms with E-state index in [-0.39, 0.29) is 5.69 Å². The lowest BCUT2D eigenvalue weighted by Crippen LogP contribution is -2.83. The molecular weight excluding hydrogens is 230 g/mol. The van der Waals surface area contributed by atoms with Crippen LogP contribution in [0, 0.1) is 0 Å². The number of imidazole rings is 1. The van der Waals surface area contributed by atoms with Gasteiger partial charge >= 0.3 is 5.69 Å². The van der Waals surface area contributed by atoms with Crippen molar-refractivity contribution in [1.29, 1.82) is 0 Å². The Morgan fingerprint density at radius 3 is 2.67 bits per heavy atom. The summed E-state index contributed by atoms with van der Waals surface area (Å²) < 4.78 is 8.37. The molecule has 0 amide bonds. The molecule has 5 heteroatoms. The van der Waals surface area contributed by atoms with Gasteiger partial charge < -0.3 is 10.1 Å². The number of aromatic nitrogens is 2. The summed E-state index contributed by atoms with van der Waals surface area (Å²) in [5.74, 6) is 0. The fourth-order valence-electron chi connectivity index (χ4n) is 2.15. The van der Waals surface area contributed by atoms with Gasteiger partial charge in [0.1, 0.15) is 6.54 Å². The van der Waals surface area contributed by atoms with Gasteiger partial charge in [-0.1, -0.05) is 6.07 Å². The first kappa shape index (κ1) is 12.9. The van der Waals surface area contributed by atoms with Crippen LogP contribution in [0.25, 0.3) is 11.0 Å². The van der Waals surface area contributed by atoms with E-state index in [4.69, 9.17) is 4.74 Å². The first-order valence-corrected chi connectivity index (χ1v) is 6.10. The van der Waals surface area contributed by atoms with E-state index in [0.29, 0.717) is 0 Å². The molecule has 0 radical (unpaired) electrons. The molecule has 1 aromatic heterocycles. The summed E-state index contributed by atoms with van der Waals surface area (Å²) in [6.45, 7) is 2.61. The Kier molecular flexibility index (Phi) is 3.84. The van der Waals surface area contributed by atoms with Gasteiger partial charge in [-0.05, 0) is 12.1 Å². The molecule has 0 saturated carbocycles. The average Bonchev–Trinajstić information content (AvgIpc) is 2.60. The van der Waals surface area contributed by atoms with Crippen molar-refractivity contribution in [1.82, 2.24) is 9.13 Å². The van der Waals surface area contributed by atoms with Gasteiger partial charge in [0.15, 0.2) is 0 Å². The standard InChI is InChI=1S/C13H19N3O2/c1-15-11-5-4-10(9-14-6-7-18-3)8-12(11)16(2)13(15)17/h4-5,8,14H,6-7,9H2,1-3H3/p+1. The van der Waals surface area contributed by atoms with Crippen LogP contribution in [0.5, 0.6) is 0 Å².